The summed E-state index contributed by atoms with van der Waals surface area (Å²) in [5.74, 6) is -0.756. The third kappa shape index (κ3) is 4.41. The second-order valence-electron chi connectivity index (χ2n) is 6.56. The molecule has 1 aromatic heterocycles. The second-order valence-corrected chi connectivity index (χ2v) is 6.56. The molecule has 10 heteroatoms. The normalized spacial score (nSPS) is 14.6. The summed E-state index contributed by atoms with van der Waals surface area (Å²) in [6, 6.07) is 3.67. The highest BCUT2D eigenvalue weighted by Crippen LogP contribution is 2.38. The summed E-state index contributed by atoms with van der Waals surface area (Å²) in [6.07, 6.45) is -0.422. The van der Waals surface area contributed by atoms with Gasteiger partial charge in [-0.15, -0.1) is 0 Å². The zero-order chi connectivity index (χ0) is 21.2. The monoisotopic (exact) mass is 407 g/mol. The molecule has 1 aliphatic rings. The van der Waals surface area contributed by atoms with Crippen LogP contribution in [0.5, 0.6) is 0 Å². The van der Waals surface area contributed by atoms with Crippen LogP contribution in [-0.4, -0.2) is 52.4 Å². The molecule has 1 N–H and O–H groups in total. The van der Waals surface area contributed by atoms with Gasteiger partial charge in [-0.05, 0) is 24.3 Å². The Morgan fingerprint density at radius 1 is 1.21 bits per heavy atom. The highest BCUT2D eigenvalue weighted by Gasteiger charge is 2.36. The molecule has 0 unspecified atom stereocenters. The van der Waals surface area contributed by atoms with Gasteiger partial charge in [0.05, 0.1) is 5.56 Å². The molecular weight excluding hydrogens is 387 g/mol. The summed E-state index contributed by atoms with van der Waals surface area (Å²) < 4.78 is 42.5. The Morgan fingerprint density at radius 3 is 2.45 bits per heavy atom. The summed E-state index contributed by atoms with van der Waals surface area (Å²) >= 11 is 0. The van der Waals surface area contributed by atoms with E-state index in [1.807, 2.05) is 0 Å². The third-order valence-electron chi connectivity index (χ3n) is 4.69. The van der Waals surface area contributed by atoms with Gasteiger partial charge in [-0.1, -0.05) is 6.58 Å². The van der Waals surface area contributed by atoms with Crippen molar-refractivity contribution in [2.75, 3.05) is 36.4 Å². The summed E-state index contributed by atoms with van der Waals surface area (Å²) in [5, 5.41) is 2.45. The molecule has 2 amide bonds. The van der Waals surface area contributed by atoms with Crippen molar-refractivity contribution in [3.05, 3.63) is 54.6 Å². The quantitative estimate of drug-likeness (QED) is 0.791. The van der Waals surface area contributed by atoms with Crippen molar-refractivity contribution in [1.29, 1.82) is 0 Å². The minimum Gasteiger partial charge on any atom is -0.367 e. The number of halogens is 3. The Hall–Kier alpha value is -3.30. The van der Waals surface area contributed by atoms with Gasteiger partial charge in [-0.3, -0.25) is 9.59 Å². The lowest BCUT2D eigenvalue weighted by atomic mass is 10.1. The van der Waals surface area contributed by atoms with E-state index in [0.29, 0.717) is 13.1 Å². The predicted molar refractivity (Wildman–Crippen MR) is 102 cm³/mol. The van der Waals surface area contributed by atoms with E-state index in [1.165, 1.54) is 33.9 Å². The molecule has 1 saturated heterocycles. The number of nitrogens with one attached hydrogen (secondary N) is 1. The molecule has 1 fully saturated rings. The van der Waals surface area contributed by atoms with Crippen LogP contribution in [0.2, 0.25) is 0 Å². The highest BCUT2D eigenvalue weighted by molar-refractivity contribution is 6.02. The number of rotatable bonds is 4. The first-order chi connectivity index (χ1) is 13.7. The number of carbonyl (C=O) groups excluding carboxylic acids is 2. The molecule has 29 heavy (non-hydrogen) atoms. The van der Waals surface area contributed by atoms with Crippen LogP contribution in [0.4, 0.5) is 24.5 Å². The van der Waals surface area contributed by atoms with E-state index in [1.54, 1.807) is 18.1 Å². The Bertz CT molecular complexity index is 930. The van der Waals surface area contributed by atoms with Gasteiger partial charge in [0.1, 0.15) is 0 Å². The van der Waals surface area contributed by atoms with E-state index in [4.69, 9.17) is 0 Å². The summed E-state index contributed by atoms with van der Waals surface area (Å²) in [6.45, 7) is 4.56. The SMILES string of the molecule is C=CC(=O)N1CCN(c2ccc(NC(=O)c3nccn3C)cc2C(F)(F)F)CC1. The number of nitrogens with zero attached hydrogens (tertiary/aromatic N) is 4. The van der Waals surface area contributed by atoms with Gasteiger partial charge < -0.3 is 19.7 Å². The molecule has 0 atom stereocenters. The number of aryl methyl sites for hydroxylation is 1. The fourth-order valence-corrected chi connectivity index (χ4v) is 3.18. The van der Waals surface area contributed by atoms with Gasteiger partial charge in [0.15, 0.2) is 5.82 Å². The van der Waals surface area contributed by atoms with Crippen molar-refractivity contribution < 1.29 is 22.8 Å². The molecule has 0 aliphatic carbocycles. The molecule has 0 bridgehead atoms. The Labute approximate surface area is 165 Å². The van der Waals surface area contributed by atoms with Gasteiger partial charge in [0, 0.05) is 57.0 Å². The number of carbonyl (C=O) groups is 2. The fourth-order valence-electron chi connectivity index (χ4n) is 3.18. The molecule has 1 aromatic carbocycles. The molecule has 154 valence electrons. The van der Waals surface area contributed by atoms with Crippen molar-refractivity contribution in [3.63, 3.8) is 0 Å². The number of anilines is 2. The predicted octanol–water partition coefficient (Wildman–Crippen LogP) is 2.53. The standard InChI is InChI=1S/C19H20F3N5O2/c1-3-16(28)27-10-8-26(9-11-27)15-5-4-13(12-14(15)19(20,21)22)24-18(29)17-23-6-7-25(17)2/h3-7,12H,1,8-11H2,2H3,(H,24,29). The number of aromatic nitrogens is 2. The highest BCUT2D eigenvalue weighted by atomic mass is 19.4. The molecule has 1 aliphatic heterocycles. The molecule has 3 rings (SSSR count). The minimum absolute atomic E-state index is 0.0122. The Morgan fingerprint density at radius 2 is 1.90 bits per heavy atom. The van der Waals surface area contributed by atoms with Crippen LogP contribution in [0.1, 0.15) is 16.2 Å². The summed E-state index contributed by atoms with van der Waals surface area (Å²) in [5.41, 5.74) is -0.814. The van der Waals surface area contributed by atoms with Crippen LogP contribution in [0.3, 0.4) is 0 Å². The lowest BCUT2D eigenvalue weighted by molar-refractivity contribution is -0.137. The Balaban J connectivity index is 1.82. The first kappa shape index (κ1) is 20.4. The first-order valence-electron chi connectivity index (χ1n) is 8.87. The molecule has 0 spiro atoms. The fraction of sp³-hybridized carbons (Fsp3) is 0.316. The maximum atomic E-state index is 13.7. The van der Waals surface area contributed by atoms with Gasteiger partial charge in [0.2, 0.25) is 5.91 Å². The maximum absolute atomic E-state index is 13.7. The lowest BCUT2D eigenvalue weighted by Crippen LogP contribution is -2.48. The van der Waals surface area contributed by atoms with E-state index < -0.39 is 17.6 Å². The van der Waals surface area contributed by atoms with Gasteiger partial charge in [-0.25, -0.2) is 4.98 Å². The average Bonchev–Trinajstić information content (AvgIpc) is 3.13. The van der Waals surface area contributed by atoms with Gasteiger partial charge >= 0.3 is 6.18 Å². The minimum atomic E-state index is -4.60. The zero-order valence-electron chi connectivity index (χ0n) is 15.7. The van der Waals surface area contributed by atoms with Crippen molar-refractivity contribution in [2.45, 2.75) is 6.18 Å². The van der Waals surface area contributed by atoms with Crippen LogP contribution < -0.4 is 10.2 Å². The lowest BCUT2D eigenvalue weighted by Gasteiger charge is -2.36. The van der Waals surface area contributed by atoms with Crippen molar-refractivity contribution >= 4 is 23.2 Å². The topological polar surface area (TPSA) is 70.5 Å². The molecular formula is C19H20F3N5O2. The molecule has 0 radical (unpaired) electrons. The second kappa shape index (κ2) is 7.98. The van der Waals surface area contributed by atoms with Crippen LogP contribution in [0.25, 0.3) is 0 Å². The average molecular weight is 407 g/mol. The largest absolute Gasteiger partial charge is 0.418 e. The Kier molecular flexibility index (Phi) is 5.62. The molecule has 2 heterocycles. The summed E-state index contributed by atoms with van der Waals surface area (Å²) in [7, 11) is 1.61. The smallest absolute Gasteiger partial charge is 0.367 e. The van der Waals surface area contributed by atoms with Crippen molar-refractivity contribution in [1.82, 2.24) is 14.5 Å². The molecule has 2 aromatic rings. The number of alkyl halides is 3. The number of benzene rings is 1. The van der Waals surface area contributed by atoms with E-state index in [0.717, 1.165) is 6.07 Å². The number of imidazole rings is 1. The molecule has 7 nitrogen and oxygen atoms in total. The van der Waals surface area contributed by atoms with Crippen molar-refractivity contribution in [2.24, 2.45) is 7.05 Å². The molecule has 0 saturated carbocycles. The van der Waals surface area contributed by atoms with Crippen LogP contribution >= 0.6 is 0 Å². The van der Waals surface area contributed by atoms with Gasteiger partial charge in [0.25, 0.3) is 5.91 Å². The van der Waals surface area contributed by atoms with E-state index in [9.17, 15) is 22.8 Å². The van der Waals surface area contributed by atoms with E-state index in [2.05, 4.69) is 16.9 Å². The van der Waals surface area contributed by atoms with Crippen molar-refractivity contribution in [3.8, 4) is 0 Å². The van der Waals surface area contributed by atoms with E-state index in [-0.39, 0.29) is 36.2 Å². The van der Waals surface area contributed by atoms with Crippen LogP contribution in [-0.2, 0) is 18.0 Å². The number of hydrogen-bond donors (Lipinski definition) is 1. The third-order valence-corrected chi connectivity index (χ3v) is 4.69. The zero-order valence-corrected chi connectivity index (χ0v) is 15.7. The first-order valence-corrected chi connectivity index (χ1v) is 8.87. The maximum Gasteiger partial charge on any atom is 0.418 e. The number of piperazine rings is 1. The number of hydrogen-bond acceptors (Lipinski definition) is 4. The van der Waals surface area contributed by atoms with Crippen LogP contribution in [0.15, 0.2) is 43.2 Å². The van der Waals surface area contributed by atoms with Crippen LogP contribution in [0, 0.1) is 0 Å². The van der Waals surface area contributed by atoms with E-state index >= 15 is 0 Å². The summed E-state index contributed by atoms with van der Waals surface area (Å²) in [4.78, 5) is 30.9. The number of amides is 2. The van der Waals surface area contributed by atoms with Gasteiger partial charge in [-0.2, -0.15) is 13.2 Å².